The number of benzene rings is 2. The minimum absolute atomic E-state index is 0.157. The molecule has 0 bridgehead atoms. The summed E-state index contributed by atoms with van der Waals surface area (Å²) >= 11 is 7.83. The first-order valence-electron chi connectivity index (χ1n) is 18.9. The van der Waals surface area contributed by atoms with Crippen molar-refractivity contribution in [1.82, 2.24) is 44.3 Å². The number of carbonyl (C=O) groups is 3. The van der Waals surface area contributed by atoms with Crippen molar-refractivity contribution in [2.45, 2.75) is 78.2 Å². The number of imide groups is 1. The van der Waals surface area contributed by atoms with Crippen molar-refractivity contribution >= 4 is 46.4 Å². The zero-order chi connectivity index (χ0) is 39.2. The molecule has 0 spiro atoms. The van der Waals surface area contributed by atoms with E-state index in [-0.39, 0.29) is 18.2 Å². The van der Waals surface area contributed by atoms with Crippen molar-refractivity contribution in [3.63, 3.8) is 0 Å². The van der Waals surface area contributed by atoms with Crippen molar-refractivity contribution in [3.05, 3.63) is 134 Å². The Hall–Kier alpha value is -6.17. The summed E-state index contributed by atoms with van der Waals surface area (Å²) in [6.45, 7) is 6.36. The number of rotatable bonds is 9. The highest BCUT2D eigenvalue weighted by molar-refractivity contribution is 7.15. The Kier molecular flexibility index (Phi) is 9.63. The normalized spacial score (nSPS) is 16.1. The molecule has 3 aliphatic rings. The van der Waals surface area contributed by atoms with Crippen LogP contribution in [0.5, 0.6) is 0 Å². The highest BCUT2D eigenvalue weighted by Crippen LogP contribution is 2.37. The second-order valence-corrected chi connectivity index (χ2v) is 15.9. The van der Waals surface area contributed by atoms with Crippen LogP contribution in [-0.4, -0.2) is 68.5 Å². The lowest BCUT2D eigenvalue weighted by Gasteiger charge is -2.29. The molecule has 6 aromatic rings. The molecule has 2 aromatic carbocycles. The smallest absolute Gasteiger partial charge is 0.255 e. The third kappa shape index (κ3) is 7.09. The zero-order valence-electron chi connectivity index (χ0n) is 31.3. The van der Waals surface area contributed by atoms with E-state index in [2.05, 4.69) is 59.7 Å². The number of imidazole rings is 1. The predicted octanol–water partition coefficient (Wildman–Crippen LogP) is 5.38. The van der Waals surface area contributed by atoms with Crippen LogP contribution in [0.1, 0.15) is 85.2 Å². The summed E-state index contributed by atoms with van der Waals surface area (Å²) < 4.78 is 6.10. The van der Waals surface area contributed by atoms with Gasteiger partial charge in [-0.3, -0.25) is 33.9 Å². The molecule has 57 heavy (non-hydrogen) atoms. The van der Waals surface area contributed by atoms with Crippen molar-refractivity contribution in [2.24, 2.45) is 4.99 Å². The largest absolute Gasteiger partial charge is 0.337 e. The Balaban J connectivity index is 0.822. The molecule has 0 saturated carbocycles. The van der Waals surface area contributed by atoms with E-state index >= 15 is 0 Å². The molecule has 3 aliphatic heterocycles. The van der Waals surface area contributed by atoms with Gasteiger partial charge in [-0.2, -0.15) is 5.10 Å². The SMILES string of the molecule is Cc1c(C#Cc2cnn(CCCn3cnc(CCc4cccc5c4CN(C4CCC(=O)NC4=O)C5=O)c3)c2)sc2c1C(c1ccc(Cl)cc1)=NCc1nnc(C)n1-2. The summed E-state index contributed by atoms with van der Waals surface area (Å²) in [7, 11) is 0. The molecule has 1 atom stereocenters. The number of nitrogens with zero attached hydrogens (tertiary/aromatic N) is 9. The van der Waals surface area contributed by atoms with Crippen molar-refractivity contribution in [3.8, 4) is 16.8 Å². The molecule has 1 saturated heterocycles. The first-order valence-corrected chi connectivity index (χ1v) is 20.1. The van der Waals surface area contributed by atoms with Crippen LogP contribution in [0.25, 0.3) is 5.00 Å². The van der Waals surface area contributed by atoms with Gasteiger partial charge in [0.05, 0.1) is 34.4 Å². The number of hydrogen-bond donors (Lipinski definition) is 1. The Morgan fingerprint density at radius 3 is 2.70 bits per heavy atom. The standard InChI is InChI=1S/C42H37ClN10O3S/c1-25-35(57-42-38(25)39(29-8-11-30(43)12-9-29)44-20-36-49-48-26(2)53(36)42)15-7-27-19-46-51(21-27)18-4-17-50-22-31(45-24-50)13-10-28-5-3-6-32-33(28)23-52(41(32)56)34-14-16-37(54)47-40(34)55/h3,5-6,8-9,11-12,19,21-22,24,34H,4,10,13-14,16-18,20,23H2,1-2H3,(H,47,54,55). The third-order valence-electron chi connectivity index (χ3n) is 10.7. The highest BCUT2D eigenvalue weighted by Gasteiger charge is 2.39. The number of piperidine rings is 1. The number of aliphatic imine (C=N–C) groups is 1. The molecule has 1 N–H and O–H groups in total. The number of thiophene rings is 1. The van der Waals surface area contributed by atoms with Crippen LogP contribution in [0.4, 0.5) is 0 Å². The first kappa shape index (κ1) is 36.5. The average Bonchev–Trinajstić information content (AvgIpc) is 4.03. The van der Waals surface area contributed by atoms with Gasteiger partial charge in [0.25, 0.3) is 5.91 Å². The first-order chi connectivity index (χ1) is 27.7. The van der Waals surface area contributed by atoms with Gasteiger partial charge in [0.15, 0.2) is 5.82 Å². The van der Waals surface area contributed by atoms with Crippen LogP contribution < -0.4 is 5.32 Å². The molecule has 7 heterocycles. The molecule has 0 aliphatic carbocycles. The van der Waals surface area contributed by atoms with E-state index < -0.39 is 11.9 Å². The molecule has 3 amide bonds. The highest BCUT2D eigenvalue weighted by atomic mass is 35.5. The maximum absolute atomic E-state index is 13.2. The Bertz CT molecular complexity index is 2670. The lowest BCUT2D eigenvalue weighted by Crippen LogP contribution is -2.52. The van der Waals surface area contributed by atoms with Crippen LogP contribution in [0.2, 0.25) is 5.02 Å². The van der Waals surface area contributed by atoms with Gasteiger partial charge in [0.1, 0.15) is 23.4 Å². The number of aryl methyl sites for hydroxylation is 5. The second-order valence-electron chi connectivity index (χ2n) is 14.4. The maximum Gasteiger partial charge on any atom is 0.255 e. The van der Waals surface area contributed by atoms with E-state index in [1.807, 2.05) is 66.6 Å². The lowest BCUT2D eigenvalue weighted by molar-refractivity contribution is -0.136. The van der Waals surface area contributed by atoms with Crippen LogP contribution in [0.15, 0.2) is 72.4 Å². The minimum Gasteiger partial charge on any atom is -0.337 e. The monoisotopic (exact) mass is 796 g/mol. The summed E-state index contributed by atoms with van der Waals surface area (Å²) in [6.07, 6.45) is 10.6. The van der Waals surface area contributed by atoms with Crippen molar-refractivity contribution < 1.29 is 14.4 Å². The lowest BCUT2D eigenvalue weighted by atomic mass is 9.99. The van der Waals surface area contributed by atoms with E-state index in [1.54, 1.807) is 22.4 Å². The molecule has 1 unspecified atom stereocenters. The van der Waals surface area contributed by atoms with Gasteiger partial charge in [0.2, 0.25) is 11.8 Å². The average molecular weight is 797 g/mol. The van der Waals surface area contributed by atoms with Gasteiger partial charge >= 0.3 is 0 Å². The minimum atomic E-state index is -0.625. The predicted molar refractivity (Wildman–Crippen MR) is 214 cm³/mol. The van der Waals surface area contributed by atoms with Crippen LogP contribution >= 0.6 is 22.9 Å². The van der Waals surface area contributed by atoms with Crippen LogP contribution in [0.3, 0.4) is 0 Å². The molecule has 286 valence electrons. The number of aromatic nitrogens is 7. The van der Waals surface area contributed by atoms with Crippen molar-refractivity contribution in [1.29, 1.82) is 0 Å². The second kappa shape index (κ2) is 15.1. The van der Waals surface area contributed by atoms with Crippen LogP contribution in [0, 0.1) is 25.7 Å². The molecule has 9 rings (SSSR count). The number of fused-ring (bicyclic) bond motifs is 4. The number of amides is 3. The number of nitrogens with one attached hydrogen (secondary N) is 1. The number of hydrogen-bond acceptors (Lipinski definition) is 9. The van der Waals surface area contributed by atoms with Crippen LogP contribution in [-0.2, 0) is 48.6 Å². The third-order valence-corrected chi connectivity index (χ3v) is 12.2. The van der Waals surface area contributed by atoms with E-state index in [9.17, 15) is 14.4 Å². The Labute approximate surface area is 337 Å². The van der Waals surface area contributed by atoms with Gasteiger partial charge in [-0.1, -0.05) is 47.7 Å². The quantitative estimate of drug-likeness (QED) is 0.153. The van der Waals surface area contributed by atoms with Gasteiger partial charge < -0.3 is 9.47 Å². The fourth-order valence-corrected chi connectivity index (χ4v) is 9.16. The van der Waals surface area contributed by atoms with E-state index in [4.69, 9.17) is 16.6 Å². The van der Waals surface area contributed by atoms with E-state index in [0.717, 1.165) is 98.7 Å². The zero-order valence-corrected chi connectivity index (χ0v) is 32.9. The van der Waals surface area contributed by atoms with E-state index in [1.165, 1.54) is 0 Å². The van der Waals surface area contributed by atoms with Crippen molar-refractivity contribution in [2.75, 3.05) is 0 Å². The number of halogens is 1. The van der Waals surface area contributed by atoms with Gasteiger partial charge in [-0.25, -0.2) is 4.98 Å². The van der Waals surface area contributed by atoms with Gasteiger partial charge in [0, 0.05) is 60.2 Å². The van der Waals surface area contributed by atoms with E-state index in [0.29, 0.717) is 30.1 Å². The maximum atomic E-state index is 13.2. The topological polar surface area (TPSA) is 145 Å². The number of carbonyl (C=O) groups excluding carboxylic acids is 3. The summed E-state index contributed by atoms with van der Waals surface area (Å²) in [6, 6.07) is 12.9. The molecule has 1 fully saturated rings. The molecular weight excluding hydrogens is 760 g/mol. The molecule has 13 nitrogen and oxygen atoms in total. The summed E-state index contributed by atoms with van der Waals surface area (Å²) in [4.78, 5) is 49.5. The summed E-state index contributed by atoms with van der Waals surface area (Å²) in [5, 5.41) is 17.4. The molecule has 0 radical (unpaired) electrons. The molecular formula is C42H37ClN10O3S. The molecule has 15 heteroatoms. The van der Waals surface area contributed by atoms with Gasteiger partial charge in [-0.15, -0.1) is 21.5 Å². The molecule has 4 aromatic heterocycles. The Morgan fingerprint density at radius 2 is 1.86 bits per heavy atom. The fourth-order valence-electron chi connectivity index (χ4n) is 7.80. The fraction of sp³-hybridized carbons (Fsp3) is 0.286. The van der Waals surface area contributed by atoms with Gasteiger partial charge in [-0.05, 0) is 74.4 Å². The Morgan fingerprint density at radius 1 is 1.00 bits per heavy atom. The summed E-state index contributed by atoms with van der Waals surface area (Å²) in [5.74, 6) is 7.50. The summed E-state index contributed by atoms with van der Waals surface area (Å²) in [5.41, 5.74) is 8.44.